The summed E-state index contributed by atoms with van der Waals surface area (Å²) in [5, 5.41) is 0. The van der Waals surface area contributed by atoms with E-state index < -0.39 is 0 Å². The number of fused-ring (bicyclic) bond motifs is 2. The average molecular weight is 273 g/mol. The monoisotopic (exact) mass is 273 g/mol. The van der Waals surface area contributed by atoms with Crippen molar-refractivity contribution in [2.24, 2.45) is 0 Å². The Labute approximate surface area is 124 Å². The smallest absolute Gasteiger partial charge is 0.151 e. The van der Waals surface area contributed by atoms with Crippen LogP contribution in [0.1, 0.15) is 5.56 Å². The zero-order chi connectivity index (χ0) is 14.2. The van der Waals surface area contributed by atoms with Crippen LogP contribution in [0.2, 0.25) is 0 Å². The minimum atomic E-state index is 0.887. The van der Waals surface area contributed by atoms with Gasteiger partial charge in [0.15, 0.2) is 11.5 Å². The number of anilines is 3. The summed E-state index contributed by atoms with van der Waals surface area (Å²) in [6.45, 7) is 2.11. The first-order valence-electron chi connectivity index (χ1n) is 7.06. The van der Waals surface area contributed by atoms with E-state index in [1.165, 1.54) is 5.56 Å². The predicted octanol–water partition coefficient (Wildman–Crippen LogP) is 5.57. The van der Waals surface area contributed by atoms with Crippen molar-refractivity contribution < 1.29 is 4.74 Å². The maximum atomic E-state index is 6.02. The van der Waals surface area contributed by atoms with E-state index >= 15 is 0 Å². The van der Waals surface area contributed by atoms with Gasteiger partial charge in [-0.25, -0.2) is 0 Å². The van der Waals surface area contributed by atoms with Crippen molar-refractivity contribution >= 4 is 17.1 Å². The van der Waals surface area contributed by atoms with Gasteiger partial charge >= 0.3 is 0 Å². The Morgan fingerprint density at radius 2 is 1.33 bits per heavy atom. The van der Waals surface area contributed by atoms with Gasteiger partial charge in [0.05, 0.1) is 11.4 Å². The zero-order valence-corrected chi connectivity index (χ0v) is 11.8. The first-order valence-corrected chi connectivity index (χ1v) is 7.06. The molecule has 102 valence electrons. The summed E-state index contributed by atoms with van der Waals surface area (Å²) in [5.41, 5.74) is 4.54. The van der Waals surface area contributed by atoms with Gasteiger partial charge in [-0.15, -0.1) is 0 Å². The molecule has 0 atom stereocenters. The summed E-state index contributed by atoms with van der Waals surface area (Å²) >= 11 is 0. The molecule has 0 radical (unpaired) electrons. The highest BCUT2D eigenvalue weighted by atomic mass is 16.5. The Bertz CT molecular complexity index is 764. The minimum absolute atomic E-state index is 0.887. The quantitative estimate of drug-likeness (QED) is 0.449. The lowest BCUT2D eigenvalue weighted by Gasteiger charge is -2.32. The van der Waals surface area contributed by atoms with Crippen molar-refractivity contribution in [2.75, 3.05) is 4.90 Å². The van der Waals surface area contributed by atoms with Gasteiger partial charge in [0.2, 0.25) is 0 Å². The second-order valence-electron chi connectivity index (χ2n) is 5.21. The van der Waals surface area contributed by atoms with Gasteiger partial charge in [0, 0.05) is 5.69 Å². The fourth-order valence-corrected chi connectivity index (χ4v) is 2.75. The molecule has 0 bridgehead atoms. The van der Waals surface area contributed by atoms with Crippen LogP contribution in [-0.4, -0.2) is 0 Å². The molecule has 4 rings (SSSR count). The highest BCUT2D eigenvalue weighted by molar-refractivity contribution is 5.86. The lowest BCUT2D eigenvalue weighted by atomic mass is 10.1. The number of aryl methyl sites for hydroxylation is 1. The van der Waals surface area contributed by atoms with E-state index in [-0.39, 0.29) is 0 Å². The molecule has 0 amide bonds. The zero-order valence-electron chi connectivity index (χ0n) is 11.8. The first kappa shape index (κ1) is 12.0. The highest BCUT2D eigenvalue weighted by Gasteiger charge is 2.24. The van der Waals surface area contributed by atoms with Crippen molar-refractivity contribution in [1.29, 1.82) is 0 Å². The summed E-state index contributed by atoms with van der Waals surface area (Å²) < 4.78 is 6.02. The number of hydrogen-bond acceptors (Lipinski definition) is 2. The molecule has 0 saturated carbocycles. The molecule has 3 aromatic rings. The van der Waals surface area contributed by atoms with Crippen molar-refractivity contribution in [3.05, 3.63) is 78.4 Å². The van der Waals surface area contributed by atoms with Crippen molar-refractivity contribution in [3.8, 4) is 11.5 Å². The maximum Gasteiger partial charge on any atom is 0.151 e. The van der Waals surface area contributed by atoms with Crippen LogP contribution in [-0.2, 0) is 0 Å². The van der Waals surface area contributed by atoms with E-state index in [0.29, 0.717) is 0 Å². The highest BCUT2D eigenvalue weighted by Crippen LogP contribution is 2.49. The molecule has 2 heteroatoms. The number of benzene rings is 3. The molecular formula is C19H15NO. The number of nitrogens with zero attached hydrogens (tertiary/aromatic N) is 1. The number of ether oxygens (including phenoxy) is 1. The van der Waals surface area contributed by atoms with Gasteiger partial charge in [-0.2, -0.15) is 0 Å². The number of para-hydroxylation sites is 4. The minimum Gasteiger partial charge on any atom is -0.453 e. The van der Waals surface area contributed by atoms with Crippen LogP contribution in [0.4, 0.5) is 17.1 Å². The molecule has 21 heavy (non-hydrogen) atoms. The molecule has 0 unspecified atom stereocenters. The molecule has 0 N–H and O–H groups in total. The van der Waals surface area contributed by atoms with Crippen LogP contribution >= 0.6 is 0 Å². The summed E-state index contributed by atoms with van der Waals surface area (Å²) in [6, 6.07) is 24.8. The topological polar surface area (TPSA) is 12.5 Å². The van der Waals surface area contributed by atoms with E-state index in [9.17, 15) is 0 Å². The lowest BCUT2D eigenvalue weighted by molar-refractivity contribution is 0.477. The van der Waals surface area contributed by atoms with Crippen LogP contribution in [0.5, 0.6) is 11.5 Å². The first-order chi connectivity index (χ1) is 10.3. The maximum absolute atomic E-state index is 6.02. The van der Waals surface area contributed by atoms with E-state index in [0.717, 1.165) is 28.6 Å². The summed E-state index contributed by atoms with van der Waals surface area (Å²) in [7, 11) is 0. The lowest BCUT2D eigenvalue weighted by Crippen LogP contribution is -2.15. The third kappa shape index (κ3) is 1.96. The Morgan fingerprint density at radius 3 is 1.95 bits per heavy atom. The van der Waals surface area contributed by atoms with Crippen LogP contribution in [0.25, 0.3) is 0 Å². The molecule has 0 saturated heterocycles. The molecular weight excluding hydrogens is 258 g/mol. The molecule has 0 fully saturated rings. The van der Waals surface area contributed by atoms with E-state index in [4.69, 9.17) is 4.74 Å². The molecule has 2 nitrogen and oxygen atoms in total. The van der Waals surface area contributed by atoms with Gasteiger partial charge in [-0.1, -0.05) is 36.4 Å². The van der Waals surface area contributed by atoms with Gasteiger partial charge in [0.25, 0.3) is 0 Å². The normalized spacial score (nSPS) is 12.3. The van der Waals surface area contributed by atoms with Crippen LogP contribution in [0.3, 0.4) is 0 Å². The Hall–Kier alpha value is -2.74. The average Bonchev–Trinajstić information content (AvgIpc) is 2.52. The molecule has 3 aromatic carbocycles. The third-order valence-electron chi connectivity index (χ3n) is 3.69. The summed E-state index contributed by atoms with van der Waals surface area (Å²) in [5.74, 6) is 1.77. The Kier molecular flexibility index (Phi) is 2.68. The number of rotatable bonds is 1. The fourth-order valence-electron chi connectivity index (χ4n) is 2.75. The van der Waals surface area contributed by atoms with E-state index in [1.54, 1.807) is 0 Å². The van der Waals surface area contributed by atoms with E-state index in [2.05, 4.69) is 48.2 Å². The van der Waals surface area contributed by atoms with E-state index in [1.807, 2.05) is 36.4 Å². The molecule has 0 aromatic heterocycles. The number of hydrogen-bond donors (Lipinski definition) is 0. The molecule has 0 spiro atoms. The Balaban J connectivity index is 1.97. The largest absolute Gasteiger partial charge is 0.453 e. The summed E-state index contributed by atoms with van der Waals surface area (Å²) in [4.78, 5) is 2.25. The van der Waals surface area contributed by atoms with Crippen LogP contribution < -0.4 is 9.64 Å². The second kappa shape index (κ2) is 4.67. The predicted molar refractivity (Wildman–Crippen MR) is 85.9 cm³/mol. The van der Waals surface area contributed by atoms with Gasteiger partial charge < -0.3 is 9.64 Å². The van der Waals surface area contributed by atoms with Gasteiger partial charge in [-0.05, 0) is 48.9 Å². The standard InChI is InChI=1S/C19H15NO/c1-14-7-6-8-15(13-14)20-16-9-2-4-11-18(16)21-19-12-5-3-10-17(19)20/h2-13H,1H3. The van der Waals surface area contributed by atoms with Crippen LogP contribution in [0.15, 0.2) is 72.8 Å². The molecule has 0 aliphatic carbocycles. The van der Waals surface area contributed by atoms with Crippen molar-refractivity contribution in [3.63, 3.8) is 0 Å². The van der Waals surface area contributed by atoms with Crippen LogP contribution in [0, 0.1) is 6.92 Å². The second-order valence-corrected chi connectivity index (χ2v) is 5.21. The van der Waals surface area contributed by atoms with Gasteiger partial charge in [-0.3, -0.25) is 0 Å². The summed E-state index contributed by atoms with van der Waals surface area (Å²) in [6.07, 6.45) is 0. The molecule has 1 aliphatic rings. The fraction of sp³-hybridized carbons (Fsp3) is 0.0526. The Morgan fingerprint density at radius 1 is 0.714 bits per heavy atom. The van der Waals surface area contributed by atoms with Crippen molar-refractivity contribution in [1.82, 2.24) is 0 Å². The molecule has 1 aliphatic heterocycles. The van der Waals surface area contributed by atoms with Gasteiger partial charge in [0.1, 0.15) is 0 Å². The SMILES string of the molecule is Cc1cccc(N2c3ccccc3Oc3ccccc32)c1. The molecule has 1 heterocycles. The third-order valence-corrected chi connectivity index (χ3v) is 3.69. The van der Waals surface area contributed by atoms with Crippen molar-refractivity contribution in [2.45, 2.75) is 6.92 Å².